The van der Waals surface area contributed by atoms with Crippen LogP contribution in [0.4, 0.5) is 4.79 Å². The summed E-state index contributed by atoms with van der Waals surface area (Å²) in [5, 5.41) is 11.3. The molecule has 0 fully saturated rings. The summed E-state index contributed by atoms with van der Waals surface area (Å²) in [5.41, 5.74) is 0. The molecule has 0 bridgehead atoms. The van der Waals surface area contributed by atoms with Crippen LogP contribution in [0.1, 0.15) is 13.8 Å². The van der Waals surface area contributed by atoms with Crippen LogP contribution in [-0.2, 0) is 9.53 Å². The lowest BCUT2D eigenvalue weighted by Gasteiger charge is -2.16. The standard InChI is InChI=1S/C9H16INO4S/c1-6(2)7(8(12)13)5-11-9(14)15-3-4-16-10/h6-7H,3-5H2,1-2H3,(H,11,14)(H,12,13). The molecule has 0 aromatic heterocycles. The van der Waals surface area contributed by atoms with Crippen molar-refractivity contribution in [2.75, 3.05) is 18.9 Å². The molecule has 1 atom stereocenters. The summed E-state index contributed by atoms with van der Waals surface area (Å²) in [5.74, 6) is -0.784. The fraction of sp³-hybridized carbons (Fsp3) is 0.778. The second-order valence-electron chi connectivity index (χ2n) is 3.52. The third kappa shape index (κ3) is 7.15. The van der Waals surface area contributed by atoms with Gasteiger partial charge in [0, 0.05) is 12.3 Å². The minimum Gasteiger partial charge on any atom is -0.481 e. The largest absolute Gasteiger partial charge is 0.481 e. The average Bonchev–Trinajstić information content (AvgIpc) is 2.17. The van der Waals surface area contributed by atoms with E-state index in [9.17, 15) is 9.59 Å². The van der Waals surface area contributed by atoms with Crippen molar-refractivity contribution in [3.8, 4) is 0 Å². The molecule has 7 heteroatoms. The lowest BCUT2D eigenvalue weighted by molar-refractivity contribution is -0.142. The summed E-state index contributed by atoms with van der Waals surface area (Å²) in [6.07, 6.45) is -0.558. The van der Waals surface area contributed by atoms with Crippen molar-refractivity contribution in [2.45, 2.75) is 13.8 Å². The zero-order valence-corrected chi connectivity index (χ0v) is 12.2. The van der Waals surface area contributed by atoms with Crippen LogP contribution in [0.25, 0.3) is 0 Å². The predicted octanol–water partition coefficient (Wildman–Crippen LogP) is 2.15. The first kappa shape index (κ1) is 15.8. The van der Waals surface area contributed by atoms with Gasteiger partial charge in [-0.25, -0.2) is 4.79 Å². The Labute approximate surface area is 111 Å². The van der Waals surface area contributed by atoms with Gasteiger partial charge in [-0.15, -0.1) is 0 Å². The van der Waals surface area contributed by atoms with E-state index in [2.05, 4.69) is 26.5 Å². The van der Waals surface area contributed by atoms with Crippen molar-refractivity contribution in [3.63, 3.8) is 0 Å². The van der Waals surface area contributed by atoms with Crippen LogP contribution in [0.2, 0.25) is 0 Å². The molecule has 0 radical (unpaired) electrons. The van der Waals surface area contributed by atoms with E-state index in [4.69, 9.17) is 9.84 Å². The maximum absolute atomic E-state index is 11.1. The van der Waals surface area contributed by atoms with Crippen LogP contribution < -0.4 is 5.32 Å². The van der Waals surface area contributed by atoms with Crippen molar-refractivity contribution < 1.29 is 19.4 Å². The quantitative estimate of drug-likeness (QED) is 0.537. The number of carbonyl (C=O) groups excluding carboxylic acids is 1. The zero-order chi connectivity index (χ0) is 12.6. The first-order chi connectivity index (χ1) is 7.49. The molecule has 0 heterocycles. The van der Waals surface area contributed by atoms with E-state index < -0.39 is 18.0 Å². The summed E-state index contributed by atoms with van der Waals surface area (Å²) in [6.45, 7) is 4.04. The fourth-order valence-electron chi connectivity index (χ4n) is 1.02. The minimum atomic E-state index is -0.905. The molecule has 0 aromatic carbocycles. The number of halogens is 1. The number of hydrogen-bond donors (Lipinski definition) is 2. The van der Waals surface area contributed by atoms with Crippen molar-refractivity contribution in [1.82, 2.24) is 5.32 Å². The third-order valence-corrected chi connectivity index (χ3v) is 3.62. The Kier molecular flexibility index (Phi) is 8.81. The third-order valence-electron chi connectivity index (χ3n) is 1.98. The maximum atomic E-state index is 11.1. The van der Waals surface area contributed by atoms with Crippen molar-refractivity contribution in [1.29, 1.82) is 0 Å². The van der Waals surface area contributed by atoms with Gasteiger partial charge in [-0.1, -0.05) is 22.8 Å². The first-order valence-electron chi connectivity index (χ1n) is 4.86. The highest BCUT2D eigenvalue weighted by atomic mass is 127. The summed E-state index contributed by atoms with van der Waals surface area (Å²) in [4.78, 5) is 21.9. The Morgan fingerprint density at radius 3 is 2.56 bits per heavy atom. The number of carboxylic acid groups (broad SMARTS) is 1. The molecule has 5 nitrogen and oxygen atoms in total. The average molecular weight is 361 g/mol. The van der Waals surface area contributed by atoms with E-state index in [-0.39, 0.29) is 12.5 Å². The number of aliphatic carboxylic acids is 1. The second kappa shape index (κ2) is 8.91. The molecule has 1 amide bonds. The molecule has 0 aliphatic heterocycles. The van der Waals surface area contributed by atoms with E-state index in [1.807, 2.05) is 0 Å². The molecule has 2 N–H and O–H groups in total. The number of hydrogen-bond acceptors (Lipinski definition) is 4. The molecule has 0 rings (SSSR count). The molecule has 0 aliphatic rings. The van der Waals surface area contributed by atoms with Gasteiger partial charge in [0.1, 0.15) is 6.61 Å². The van der Waals surface area contributed by atoms with Gasteiger partial charge in [-0.3, -0.25) is 4.79 Å². The maximum Gasteiger partial charge on any atom is 0.407 e. The zero-order valence-electron chi connectivity index (χ0n) is 9.23. The van der Waals surface area contributed by atoms with Gasteiger partial charge >= 0.3 is 12.1 Å². The Balaban J connectivity index is 3.83. The summed E-state index contributed by atoms with van der Waals surface area (Å²) in [6, 6.07) is 0. The van der Waals surface area contributed by atoms with Crippen LogP contribution in [0.5, 0.6) is 0 Å². The molecular formula is C9H16INO4S. The second-order valence-corrected chi connectivity index (χ2v) is 6.01. The van der Waals surface area contributed by atoms with Gasteiger partial charge in [0.05, 0.1) is 5.92 Å². The normalized spacial score (nSPS) is 12.2. The molecule has 0 spiro atoms. The van der Waals surface area contributed by atoms with Crippen LogP contribution in [-0.4, -0.2) is 36.1 Å². The van der Waals surface area contributed by atoms with E-state index in [0.29, 0.717) is 6.61 Å². The smallest absolute Gasteiger partial charge is 0.407 e. The van der Waals surface area contributed by atoms with Gasteiger partial charge < -0.3 is 15.2 Å². The fourth-order valence-corrected chi connectivity index (χ4v) is 1.70. The van der Waals surface area contributed by atoms with Crippen LogP contribution in [0.3, 0.4) is 0 Å². The number of ether oxygens (including phenoxy) is 1. The summed E-state index contributed by atoms with van der Waals surface area (Å²) >= 11 is 2.11. The summed E-state index contributed by atoms with van der Waals surface area (Å²) in [7, 11) is 1.55. The lowest BCUT2D eigenvalue weighted by atomic mass is 9.96. The van der Waals surface area contributed by atoms with Crippen molar-refractivity contribution in [2.24, 2.45) is 11.8 Å². The molecule has 0 aliphatic carbocycles. The number of carbonyl (C=O) groups is 2. The number of amides is 1. The van der Waals surface area contributed by atoms with E-state index in [1.54, 1.807) is 22.8 Å². The topological polar surface area (TPSA) is 75.6 Å². The number of alkyl carbamates (subject to hydrolysis) is 1. The van der Waals surface area contributed by atoms with E-state index in [0.717, 1.165) is 5.75 Å². The van der Waals surface area contributed by atoms with E-state index in [1.165, 1.54) is 0 Å². The van der Waals surface area contributed by atoms with Gasteiger partial charge in [-0.2, -0.15) is 0 Å². The number of nitrogens with one attached hydrogen (secondary N) is 1. The molecule has 0 saturated heterocycles. The highest BCUT2D eigenvalue weighted by Crippen LogP contribution is 2.10. The minimum absolute atomic E-state index is 0.0253. The van der Waals surface area contributed by atoms with Crippen LogP contribution >= 0.6 is 30.1 Å². The molecule has 0 saturated carbocycles. The number of carboxylic acids is 1. The molecule has 94 valence electrons. The Hall–Kier alpha value is -0.180. The van der Waals surface area contributed by atoms with Crippen LogP contribution in [0, 0.1) is 11.8 Å². The molecular weight excluding hydrogens is 345 g/mol. The van der Waals surface area contributed by atoms with Crippen molar-refractivity contribution >= 4 is 42.2 Å². The highest BCUT2D eigenvalue weighted by Gasteiger charge is 2.22. The van der Waals surface area contributed by atoms with Gasteiger partial charge in [0.25, 0.3) is 0 Å². The summed E-state index contributed by atoms with van der Waals surface area (Å²) < 4.78 is 4.82. The first-order valence-corrected chi connectivity index (χ1v) is 8.38. The van der Waals surface area contributed by atoms with Gasteiger partial charge in [0.15, 0.2) is 0 Å². The van der Waals surface area contributed by atoms with Crippen molar-refractivity contribution in [3.05, 3.63) is 0 Å². The Morgan fingerprint density at radius 1 is 1.50 bits per heavy atom. The van der Waals surface area contributed by atoms with E-state index >= 15 is 0 Å². The van der Waals surface area contributed by atoms with Crippen LogP contribution in [0.15, 0.2) is 0 Å². The lowest BCUT2D eigenvalue weighted by Crippen LogP contribution is -2.36. The van der Waals surface area contributed by atoms with Gasteiger partial charge in [0.2, 0.25) is 0 Å². The molecule has 1 unspecified atom stereocenters. The van der Waals surface area contributed by atoms with Gasteiger partial charge in [-0.05, 0) is 27.1 Å². The Morgan fingerprint density at radius 2 is 2.12 bits per heavy atom. The molecule has 16 heavy (non-hydrogen) atoms. The Bertz CT molecular complexity index is 238. The monoisotopic (exact) mass is 361 g/mol. The highest BCUT2D eigenvalue weighted by molar-refractivity contribution is 14.2. The molecule has 0 aromatic rings. The predicted molar refractivity (Wildman–Crippen MR) is 71.8 cm³/mol. The SMILES string of the molecule is CC(C)C(CNC(=O)OCCSI)C(=O)O. The number of rotatable bonds is 7.